The molecule has 0 radical (unpaired) electrons. The second kappa shape index (κ2) is 2.15. The topological polar surface area (TPSA) is 35.5 Å². The zero-order valence-corrected chi connectivity index (χ0v) is 7.55. The number of carbonyl (C=O) groups excluding carboxylic acids is 1. The molecule has 0 bridgehead atoms. The minimum absolute atomic E-state index is 0.206. The van der Waals surface area contributed by atoms with Crippen molar-refractivity contribution in [1.29, 1.82) is 0 Å². The van der Waals surface area contributed by atoms with Gasteiger partial charge in [0, 0.05) is 0 Å². The SMILES string of the molecule is CC1(OC(=O)OC2(C)CC2)CC1. The molecule has 0 heterocycles. The Bertz CT molecular complexity index is 192. The van der Waals surface area contributed by atoms with Crippen LogP contribution in [0.4, 0.5) is 4.79 Å². The van der Waals surface area contributed by atoms with Crippen molar-refractivity contribution in [2.24, 2.45) is 0 Å². The highest BCUT2D eigenvalue weighted by atomic mass is 16.7. The number of hydrogen-bond acceptors (Lipinski definition) is 3. The Balaban J connectivity index is 1.77. The molecular formula is C9H14O3. The minimum atomic E-state index is -0.491. The van der Waals surface area contributed by atoms with Crippen LogP contribution < -0.4 is 0 Å². The normalized spacial score (nSPS) is 27.5. The van der Waals surface area contributed by atoms with Crippen LogP contribution in [0.25, 0.3) is 0 Å². The van der Waals surface area contributed by atoms with E-state index >= 15 is 0 Å². The first-order valence-electron chi connectivity index (χ1n) is 4.43. The molecule has 3 nitrogen and oxygen atoms in total. The van der Waals surface area contributed by atoms with Gasteiger partial charge in [0.15, 0.2) is 0 Å². The maximum Gasteiger partial charge on any atom is 0.509 e. The maximum atomic E-state index is 11.1. The van der Waals surface area contributed by atoms with Crippen molar-refractivity contribution in [3.05, 3.63) is 0 Å². The van der Waals surface area contributed by atoms with E-state index in [-0.39, 0.29) is 11.2 Å². The highest BCUT2D eigenvalue weighted by molar-refractivity contribution is 5.62. The van der Waals surface area contributed by atoms with E-state index in [1.807, 2.05) is 13.8 Å². The third-order valence-corrected chi connectivity index (χ3v) is 2.57. The van der Waals surface area contributed by atoms with Gasteiger partial charge in [-0.1, -0.05) is 0 Å². The van der Waals surface area contributed by atoms with Gasteiger partial charge in [-0.15, -0.1) is 0 Å². The van der Waals surface area contributed by atoms with Gasteiger partial charge in [0.05, 0.1) is 0 Å². The van der Waals surface area contributed by atoms with Crippen LogP contribution in [0.2, 0.25) is 0 Å². The Labute approximate surface area is 72.0 Å². The van der Waals surface area contributed by atoms with E-state index in [0.29, 0.717) is 0 Å². The molecule has 12 heavy (non-hydrogen) atoms. The standard InChI is InChI=1S/C9H14O3/c1-8(3-4-8)11-7(10)12-9(2)5-6-9/h3-6H2,1-2H3. The van der Waals surface area contributed by atoms with Crippen LogP contribution in [-0.4, -0.2) is 17.4 Å². The van der Waals surface area contributed by atoms with Crippen LogP contribution in [0, 0.1) is 0 Å². The quantitative estimate of drug-likeness (QED) is 0.596. The number of hydrogen-bond donors (Lipinski definition) is 0. The monoisotopic (exact) mass is 170 g/mol. The summed E-state index contributed by atoms with van der Waals surface area (Å²) >= 11 is 0. The van der Waals surface area contributed by atoms with Crippen LogP contribution in [0.3, 0.4) is 0 Å². The molecule has 0 spiro atoms. The Morgan fingerprint density at radius 3 is 1.58 bits per heavy atom. The minimum Gasteiger partial charge on any atom is -0.428 e. The van der Waals surface area contributed by atoms with Gasteiger partial charge < -0.3 is 9.47 Å². The van der Waals surface area contributed by atoms with E-state index in [1.54, 1.807) is 0 Å². The van der Waals surface area contributed by atoms with Gasteiger partial charge in [0.2, 0.25) is 0 Å². The van der Waals surface area contributed by atoms with Gasteiger partial charge in [-0.25, -0.2) is 4.79 Å². The molecule has 0 N–H and O–H groups in total. The zero-order chi connectivity index (χ0) is 8.82. The van der Waals surface area contributed by atoms with Crippen molar-refractivity contribution >= 4 is 6.16 Å². The van der Waals surface area contributed by atoms with E-state index in [2.05, 4.69) is 0 Å². The predicted octanol–water partition coefficient (Wildman–Crippen LogP) is 2.24. The lowest BCUT2D eigenvalue weighted by Gasteiger charge is -2.14. The summed E-state index contributed by atoms with van der Waals surface area (Å²) < 4.78 is 10.2. The van der Waals surface area contributed by atoms with Crippen LogP contribution in [0.15, 0.2) is 0 Å². The molecule has 2 fully saturated rings. The molecule has 0 saturated heterocycles. The summed E-state index contributed by atoms with van der Waals surface area (Å²) in [5.41, 5.74) is -0.412. The van der Waals surface area contributed by atoms with Crippen LogP contribution >= 0.6 is 0 Å². The van der Waals surface area contributed by atoms with Gasteiger partial charge in [-0.2, -0.15) is 0 Å². The first-order chi connectivity index (χ1) is 5.52. The summed E-state index contributed by atoms with van der Waals surface area (Å²) in [4.78, 5) is 11.1. The molecule has 0 aliphatic heterocycles. The average Bonchev–Trinajstić information content (AvgIpc) is 2.76. The fourth-order valence-corrected chi connectivity index (χ4v) is 0.979. The highest BCUT2D eigenvalue weighted by Crippen LogP contribution is 2.42. The summed E-state index contributed by atoms with van der Waals surface area (Å²) in [6.45, 7) is 3.87. The lowest BCUT2D eigenvalue weighted by molar-refractivity contribution is -0.00805. The molecule has 0 atom stereocenters. The smallest absolute Gasteiger partial charge is 0.428 e. The molecule has 2 rings (SSSR count). The molecule has 68 valence electrons. The molecular weight excluding hydrogens is 156 g/mol. The molecule has 2 aliphatic carbocycles. The largest absolute Gasteiger partial charge is 0.509 e. The fraction of sp³-hybridized carbons (Fsp3) is 0.889. The van der Waals surface area contributed by atoms with E-state index in [4.69, 9.17) is 9.47 Å². The Morgan fingerprint density at radius 1 is 1.00 bits per heavy atom. The Morgan fingerprint density at radius 2 is 1.33 bits per heavy atom. The number of rotatable bonds is 2. The molecule has 0 aromatic heterocycles. The van der Waals surface area contributed by atoms with Crippen LogP contribution in [0.1, 0.15) is 39.5 Å². The fourth-order valence-electron chi connectivity index (χ4n) is 0.979. The maximum absolute atomic E-state index is 11.1. The molecule has 2 saturated carbocycles. The van der Waals surface area contributed by atoms with Crippen LogP contribution in [-0.2, 0) is 9.47 Å². The summed E-state index contributed by atoms with van der Waals surface area (Å²) in [6.07, 6.45) is 3.39. The molecule has 2 aliphatic rings. The molecule has 0 unspecified atom stereocenters. The predicted molar refractivity (Wildman–Crippen MR) is 42.8 cm³/mol. The van der Waals surface area contributed by atoms with Gasteiger partial charge in [0.1, 0.15) is 11.2 Å². The van der Waals surface area contributed by atoms with Gasteiger partial charge in [0.25, 0.3) is 0 Å². The van der Waals surface area contributed by atoms with Crippen molar-refractivity contribution in [3.63, 3.8) is 0 Å². The van der Waals surface area contributed by atoms with Crippen molar-refractivity contribution in [3.8, 4) is 0 Å². The van der Waals surface area contributed by atoms with E-state index < -0.39 is 6.16 Å². The second-order valence-corrected chi connectivity index (χ2v) is 4.35. The summed E-state index contributed by atoms with van der Waals surface area (Å²) in [5, 5.41) is 0. The lowest BCUT2D eigenvalue weighted by Crippen LogP contribution is -2.22. The zero-order valence-electron chi connectivity index (χ0n) is 7.55. The Kier molecular flexibility index (Phi) is 1.41. The third kappa shape index (κ3) is 1.71. The lowest BCUT2D eigenvalue weighted by atomic mass is 10.4. The van der Waals surface area contributed by atoms with Crippen molar-refractivity contribution in [2.45, 2.75) is 50.7 Å². The van der Waals surface area contributed by atoms with Crippen LogP contribution in [0.5, 0.6) is 0 Å². The molecule has 3 heteroatoms. The molecule has 0 aromatic rings. The van der Waals surface area contributed by atoms with E-state index in [1.165, 1.54) is 0 Å². The Hall–Kier alpha value is -0.730. The van der Waals surface area contributed by atoms with Gasteiger partial charge >= 0.3 is 6.16 Å². The second-order valence-electron chi connectivity index (χ2n) is 4.35. The summed E-state index contributed by atoms with van der Waals surface area (Å²) in [6, 6.07) is 0. The molecule has 0 amide bonds. The third-order valence-electron chi connectivity index (χ3n) is 2.57. The number of carbonyl (C=O) groups is 1. The number of ether oxygens (including phenoxy) is 2. The summed E-state index contributed by atoms with van der Waals surface area (Å²) in [7, 11) is 0. The van der Waals surface area contributed by atoms with Gasteiger partial charge in [-0.3, -0.25) is 0 Å². The van der Waals surface area contributed by atoms with Crippen molar-refractivity contribution in [2.75, 3.05) is 0 Å². The van der Waals surface area contributed by atoms with Crippen molar-refractivity contribution < 1.29 is 14.3 Å². The first kappa shape index (κ1) is 7.90. The average molecular weight is 170 g/mol. The first-order valence-corrected chi connectivity index (χ1v) is 4.43. The summed E-state index contributed by atoms with van der Waals surface area (Å²) in [5.74, 6) is 0. The van der Waals surface area contributed by atoms with Crippen molar-refractivity contribution in [1.82, 2.24) is 0 Å². The van der Waals surface area contributed by atoms with Gasteiger partial charge in [-0.05, 0) is 39.5 Å². The highest BCUT2D eigenvalue weighted by Gasteiger charge is 2.46. The van der Waals surface area contributed by atoms with E-state index in [0.717, 1.165) is 25.7 Å². The van der Waals surface area contributed by atoms with E-state index in [9.17, 15) is 4.79 Å². The molecule has 0 aromatic carbocycles.